The molecule has 0 saturated carbocycles. The Balaban J connectivity index is -0.000000309. The molecule has 0 radical (unpaired) electrons. The summed E-state index contributed by atoms with van der Waals surface area (Å²) in [5.41, 5.74) is 16.4. The molecule has 0 aliphatic carbocycles. The average Bonchev–Trinajstić information content (AvgIpc) is 1.10. The maximum Gasteiger partial charge on any atom is 1.00 e. The molecule has 8 rings (SSSR count). The number of nitro groups is 1. The van der Waals surface area contributed by atoms with Crippen LogP contribution in [0.5, 0.6) is 0 Å². The maximum atomic E-state index is 10.7. The van der Waals surface area contributed by atoms with Crippen LogP contribution in [0.25, 0.3) is 5.57 Å². The van der Waals surface area contributed by atoms with Crippen molar-refractivity contribution in [2.24, 2.45) is 35.2 Å². The number of rotatable bonds is 9. The number of halogens is 1. The van der Waals surface area contributed by atoms with Crippen molar-refractivity contribution in [3.8, 4) is 0 Å². The molecule has 0 aliphatic rings. The number of aryl methyl sites for hydroxylation is 8. The van der Waals surface area contributed by atoms with Gasteiger partial charge in [0.1, 0.15) is 17.1 Å². The molecule has 5 heterocycles. The van der Waals surface area contributed by atoms with E-state index in [2.05, 4.69) is 186 Å². The molecule has 0 aliphatic heterocycles. The summed E-state index contributed by atoms with van der Waals surface area (Å²) < 4.78 is 8.83. The number of nitrogen functional groups attached to an aromatic ring is 1. The zero-order valence-electron chi connectivity index (χ0n) is 55.7. The van der Waals surface area contributed by atoms with Gasteiger partial charge in [-0.15, -0.1) is 5.60 Å². The van der Waals surface area contributed by atoms with Crippen LogP contribution in [-0.2, 0) is 35.2 Å². The van der Waals surface area contributed by atoms with Crippen LogP contribution in [0.15, 0.2) is 116 Å². The Morgan fingerprint density at radius 2 is 0.886 bits per heavy atom. The predicted molar refractivity (Wildman–Crippen MR) is 374 cm³/mol. The van der Waals surface area contributed by atoms with Crippen molar-refractivity contribution in [3.63, 3.8) is 0 Å². The number of allylic oxidation sites excluding steroid dienone is 1. The fourth-order valence-electron chi connectivity index (χ4n) is 7.48. The molecule has 8 aromatic rings. The number of nitrogens with two attached hydrogens (primary N) is 1. The van der Waals surface area contributed by atoms with Gasteiger partial charge in [-0.1, -0.05) is 91.2 Å². The number of aliphatic hydroxyl groups excluding tert-OH is 2. The van der Waals surface area contributed by atoms with Crippen LogP contribution in [0.3, 0.4) is 0 Å². The summed E-state index contributed by atoms with van der Waals surface area (Å²) in [4.78, 5) is 21.1. The van der Waals surface area contributed by atoms with E-state index in [0.29, 0.717) is 28.9 Å². The van der Waals surface area contributed by atoms with Crippen LogP contribution in [0.2, 0.25) is 0 Å². The van der Waals surface area contributed by atoms with Gasteiger partial charge >= 0.3 is 191 Å². The van der Waals surface area contributed by atoms with E-state index in [4.69, 9.17) is 15.9 Å². The Morgan fingerprint density at radius 3 is 1.07 bits per heavy atom. The van der Waals surface area contributed by atoms with E-state index in [-0.39, 0.29) is 96.0 Å². The number of hydrogen-bond acceptors (Lipinski definition) is 12. The normalized spacial score (nSPS) is 10.5. The molecule has 488 valence electrons. The number of nitrogens with zero attached hydrogens (tertiary/aromatic N) is 11. The summed E-state index contributed by atoms with van der Waals surface area (Å²) in [7, 11) is 11.4. The molecule has 3 aromatic carbocycles. The van der Waals surface area contributed by atoms with Gasteiger partial charge in [0.15, 0.2) is 5.78 Å². The monoisotopic (exact) mass is 1330 g/mol. The first-order chi connectivity index (χ1) is 38.9. The molecule has 0 fully saturated rings. The topological polar surface area (TPSA) is 239 Å². The van der Waals surface area contributed by atoms with E-state index in [0.717, 1.165) is 53.9 Å². The minimum Gasteiger partial charge on any atom is -0.396 e. The molecule has 0 saturated heterocycles. The van der Waals surface area contributed by atoms with Gasteiger partial charge < -0.3 is 21.1 Å². The van der Waals surface area contributed by atoms with Crippen molar-refractivity contribution >= 4 is 59.4 Å². The zero-order chi connectivity index (χ0) is 65.2. The first-order valence-electron chi connectivity index (χ1n) is 27.6. The summed E-state index contributed by atoms with van der Waals surface area (Å²) in [5, 5.41) is 57.2. The number of Topliss-reactive ketones (excluding diaryl/α,β-unsaturated/α-hetero) is 1. The second-order valence-electron chi connectivity index (χ2n) is 22.0. The maximum absolute atomic E-state index is 10.7. The van der Waals surface area contributed by atoms with Crippen molar-refractivity contribution in [1.82, 2.24) is 48.9 Å². The Bertz CT molecular complexity index is 3030. The van der Waals surface area contributed by atoms with Gasteiger partial charge in [0.2, 0.25) is 0 Å². The van der Waals surface area contributed by atoms with E-state index in [1.807, 2.05) is 89.8 Å². The molecule has 0 unspecified atom stereocenters. The van der Waals surface area contributed by atoms with Crippen LogP contribution in [0.4, 0.5) is 11.4 Å². The molecule has 21 heteroatoms. The standard InChI is InChI=1S/C19H18BrP.C8H13N3O2.C8H15N3.C8H14N2.C8H12N2.C7H10N2O.C4H9O.2CH4O.3CH4.K/c1-21(20,17-11-5-2-6-12-17,18-13-7-3-8-14-18)19-15-9-4-10-16-19;1-5(2)7-8(11(12)13)6(3)10(4)9-7;1-5(2)8-7(9)6(3)11(4)10-8;2*1-6(2)8-5-7(3)10(4)9-8;1-5-4-7(6(2)10)8-9(5)3;1-4(2,3)5;2*1-2;;;;/h2-16H,1H3;5H,1-4H3;5H,9H2,1-4H3;5-6H,1-4H3;5H,1H2,2-4H3;4H,1-3H3;1-3H3;2*2H,1H3;3*1H4;/q;;;;;;-1;;;;;;+1. The third-order valence-electron chi connectivity index (χ3n) is 12.9. The minimum atomic E-state index is -2.56. The summed E-state index contributed by atoms with van der Waals surface area (Å²) in [5.74, 6) is 1.05. The molecule has 88 heavy (non-hydrogen) atoms. The number of anilines is 1. The van der Waals surface area contributed by atoms with Crippen LogP contribution in [-0.4, -0.2) is 96.3 Å². The molecular weight excluding hydrogens is 1220 g/mol. The molecule has 0 amide bonds. The van der Waals surface area contributed by atoms with Crippen LogP contribution in [0.1, 0.15) is 178 Å². The molecule has 5 aromatic heterocycles. The second kappa shape index (κ2) is 42.7. The van der Waals surface area contributed by atoms with E-state index in [9.17, 15) is 20.0 Å². The van der Waals surface area contributed by atoms with Crippen LogP contribution >= 0.6 is 20.8 Å². The molecule has 0 atom stereocenters. The number of carbonyl (C=O) groups excluding carboxylic acids is 1. The summed E-state index contributed by atoms with van der Waals surface area (Å²) in [6, 6.07) is 38.2. The number of benzene rings is 3. The predicted octanol–water partition coefficient (Wildman–Crippen LogP) is 10.5. The Morgan fingerprint density at radius 1 is 0.580 bits per heavy atom. The molecule has 0 spiro atoms. The minimum absolute atomic E-state index is 0. The fraction of sp³-hybridized carbons (Fsp3) is 0.463. The van der Waals surface area contributed by atoms with Crippen LogP contribution in [0, 0.1) is 44.7 Å². The Hall–Kier alpha value is -5.25. The summed E-state index contributed by atoms with van der Waals surface area (Å²) >= 11 is 4.24. The van der Waals surface area contributed by atoms with Gasteiger partial charge in [0.25, 0.3) is 0 Å². The Labute approximate surface area is 580 Å². The van der Waals surface area contributed by atoms with Gasteiger partial charge in [0, 0.05) is 79.4 Å². The van der Waals surface area contributed by atoms with Gasteiger partial charge in [-0.05, 0) is 77.2 Å². The third-order valence-corrected chi connectivity index (χ3v) is 21.1. The number of carbonyl (C=O) groups is 1. The van der Waals surface area contributed by atoms with Gasteiger partial charge in [0.05, 0.1) is 33.4 Å². The number of aromatic nitrogens is 10. The van der Waals surface area contributed by atoms with Crippen molar-refractivity contribution < 1.29 is 76.4 Å². The van der Waals surface area contributed by atoms with E-state index in [1.54, 1.807) is 50.2 Å². The van der Waals surface area contributed by atoms with Crippen molar-refractivity contribution in [2.75, 3.05) is 26.6 Å². The number of ketones is 1. The van der Waals surface area contributed by atoms with Crippen LogP contribution < -0.4 is 78.1 Å². The fourth-order valence-corrected chi connectivity index (χ4v) is 13.1. The first kappa shape index (κ1) is 91.5. The quantitative estimate of drug-likeness (QED) is 0.0402. The largest absolute Gasteiger partial charge is 1.00 e. The average molecular weight is 1330 g/mol. The van der Waals surface area contributed by atoms with E-state index in [1.165, 1.54) is 34.2 Å². The second-order valence-corrected chi connectivity index (χ2v) is 31.7. The molecular formula is C67H111BrKN12O6P. The summed E-state index contributed by atoms with van der Waals surface area (Å²) in [6.07, 6.45) is 0. The van der Waals surface area contributed by atoms with Crippen molar-refractivity contribution in [3.05, 3.63) is 183 Å². The number of hydrogen-bond donors (Lipinski definition) is 3. The summed E-state index contributed by atoms with van der Waals surface area (Å²) in [6.45, 7) is 36.5. The molecule has 18 nitrogen and oxygen atoms in total. The van der Waals surface area contributed by atoms with Crippen molar-refractivity contribution in [1.29, 1.82) is 0 Å². The van der Waals surface area contributed by atoms with Gasteiger partial charge in [-0.25, -0.2) is 0 Å². The van der Waals surface area contributed by atoms with E-state index >= 15 is 0 Å². The van der Waals surface area contributed by atoms with Gasteiger partial charge in [-0.3, -0.25) is 38.3 Å². The smallest absolute Gasteiger partial charge is 0.396 e. The molecule has 0 bridgehead atoms. The third kappa shape index (κ3) is 28.3. The first-order valence-corrected chi connectivity index (χ1v) is 32.3. The SMILES string of the molecule is C.C.C.C=C(C)c1cc(C)n(C)n1.CC(=O)c1cc(C)n(C)n1.CC(C)(C)[O-].CO.CO.CP(Br)(c1ccccc1)(c1ccccc1)c1ccccc1.Cc1c(N)c(C(C)C)nn1C.Cc1c([N+](=O)[O-])c(C(C)C)nn1C.Cc1cc(C(C)C)nn1C.[K+]. The Kier molecular flexibility index (Phi) is 44.4. The molecule has 4 N–H and O–H groups in total. The number of aliphatic hydroxyl groups is 2. The van der Waals surface area contributed by atoms with E-state index < -0.39 is 10.9 Å². The zero-order valence-corrected chi connectivity index (χ0v) is 61.3. The van der Waals surface area contributed by atoms with Crippen molar-refractivity contribution in [2.45, 2.75) is 156 Å². The van der Waals surface area contributed by atoms with Gasteiger partial charge in [-0.2, -0.15) is 25.5 Å².